The average molecular weight is 284 g/mol. The molecular formula is C17H20O2Si. The molecule has 0 saturated heterocycles. The molecule has 0 radical (unpaired) electrons. The van der Waals surface area contributed by atoms with Gasteiger partial charge in [-0.25, -0.2) is 0 Å². The predicted octanol–water partition coefficient (Wildman–Crippen LogP) is 3.47. The molecule has 0 saturated carbocycles. The van der Waals surface area contributed by atoms with E-state index in [1.165, 1.54) is 5.19 Å². The van der Waals surface area contributed by atoms with Crippen molar-refractivity contribution >= 4 is 19.0 Å². The summed E-state index contributed by atoms with van der Waals surface area (Å²) in [5.41, 5.74) is 1.42. The zero-order valence-electron chi connectivity index (χ0n) is 12.4. The Labute approximate surface area is 121 Å². The molecular weight excluding hydrogens is 264 g/mol. The molecule has 0 spiro atoms. The third-order valence-corrected chi connectivity index (χ3v) is 5.43. The van der Waals surface area contributed by atoms with Gasteiger partial charge in [0.15, 0.2) is 5.78 Å². The Kier molecular flexibility index (Phi) is 4.09. The summed E-state index contributed by atoms with van der Waals surface area (Å²) in [6.45, 7) is 6.90. The van der Waals surface area contributed by atoms with Crippen molar-refractivity contribution in [2.45, 2.75) is 19.6 Å². The summed E-state index contributed by atoms with van der Waals surface area (Å²) in [5, 5.41) is 1.36. The molecule has 0 aliphatic rings. The van der Waals surface area contributed by atoms with Crippen molar-refractivity contribution in [3.8, 4) is 5.75 Å². The molecule has 0 bridgehead atoms. The number of ether oxygens (including phenoxy) is 1. The second kappa shape index (κ2) is 5.63. The van der Waals surface area contributed by atoms with Gasteiger partial charge < -0.3 is 4.74 Å². The van der Waals surface area contributed by atoms with Crippen molar-refractivity contribution in [2.24, 2.45) is 0 Å². The lowest BCUT2D eigenvalue weighted by atomic mass is 10.0. The number of hydrogen-bond acceptors (Lipinski definition) is 2. The van der Waals surface area contributed by atoms with Crippen LogP contribution in [0.15, 0.2) is 48.5 Å². The fraction of sp³-hybridized carbons (Fsp3) is 0.235. The molecule has 2 nitrogen and oxygen atoms in total. The van der Waals surface area contributed by atoms with E-state index in [0.29, 0.717) is 5.56 Å². The van der Waals surface area contributed by atoms with Gasteiger partial charge in [-0.3, -0.25) is 4.79 Å². The molecule has 2 rings (SSSR count). The zero-order chi connectivity index (χ0) is 14.8. The van der Waals surface area contributed by atoms with E-state index in [-0.39, 0.29) is 5.78 Å². The van der Waals surface area contributed by atoms with Crippen LogP contribution in [0.25, 0.3) is 0 Å². The topological polar surface area (TPSA) is 26.3 Å². The lowest BCUT2D eigenvalue weighted by molar-refractivity contribution is 0.103. The quantitative estimate of drug-likeness (QED) is 0.635. The summed E-state index contributed by atoms with van der Waals surface area (Å²) >= 11 is 0. The molecule has 0 aromatic heterocycles. The summed E-state index contributed by atoms with van der Waals surface area (Å²) in [6.07, 6.45) is 0. The SMILES string of the molecule is COc1ccc(C(=O)c2ccc([Si](C)(C)C)cc2)cc1. The highest BCUT2D eigenvalue weighted by Gasteiger charge is 2.17. The van der Waals surface area contributed by atoms with Crippen LogP contribution in [-0.4, -0.2) is 21.0 Å². The van der Waals surface area contributed by atoms with Gasteiger partial charge in [-0.2, -0.15) is 0 Å². The second-order valence-electron chi connectivity index (χ2n) is 5.88. The zero-order valence-corrected chi connectivity index (χ0v) is 13.4. The van der Waals surface area contributed by atoms with Crippen LogP contribution >= 0.6 is 0 Å². The Bertz CT molecular complexity index is 592. The lowest BCUT2D eigenvalue weighted by Crippen LogP contribution is -2.37. The van der Waals surface area contributed by atoms with Gasteiger partial charge in [0.2, 0.25) is 0 Å². The monoisotopic (exact) mass is 284 g/mol. The van der Waals surface area contributed by atoms with E-state index in [4.69, 9.17) is 4.74 Å². The van der Waals surface area contributed by atoms with Crippen LogP contribution < -0.4 is 9.92 Å². The molecule has 0 aliphatic carbocycles. The minimum absolute atomic E-state index is 0.0507. The number of benzene rings is 2. The van der Waals surface area contributed by atoms with Crippen molar-refractivity contribution in [3.63, 3.8) is 0 Å². The maximum Gasteiger partial charge on any atom is 0.193 e. The van der Waals surface area contributed by atoms with Crippen molar-refractivity contribution in [3.05, 3.63) is 59.7 Å². The molecule has 104 valence electrons. The first kappa shape index (κ1) is 14.5. The van der Waals surface area contributed by atoms with Gasteiger partial charge in [0, 0.05) is 11.1 Å². The van der Waals surface area contributed by atoms with E-state index in [0.717, 1.165) is 11.3 Å². The van der Waals surface area contributed by atoms with Crippen molar-refractivity contribution in [1.29, 1.82) is 0 Å². The summed E-state index contributed by atoms with van der Waals surface area (Å²) in [7, 11) is 0.306. The largest absolute Gasteiger partial charge is 0.497 e. The van der Waals surface area contributed by atoms with E-state index in [1.54, 1.807) is 19.2 Å². The van der Waals surface area contributed by atoms with Crippen LogP contribution in [0.2, 0.25) is 19.6 Å². The van der Waals surface area contributed by atoms with Crippen molar-refractivity contribution in [2.75, 3.05) is 7.11 Å². The fourth-order valence-electron chi connectivity index (χ4n) is 2.03. The van der Waals surface area contributed by atoms with Gasteiger partial charge in [0.25, 0.3) is 0 Å². The molecule has 0 fully saturated rings. The number of carbonyl (C=O) groups is 1. The maximum absolute atomic E-state index is 12.4. The Morgan fingerprint density at radius 1 is 0.850 bits per heavy atom. The first-order chi connectivity index (χ1) is 9.41. The Balaban J connectivity index is 2.24. The summed E-state index contributed by atoms with van der Waals surface area (Å²) < 4.78 is 5.10. The number of methoxy groups -OCH3 is 1. The Morgan fingerprint density at radius 2 is 1.30 bits per heavy atom. The van der Waals surface area contributed by atoms with Crippen molar-refractivity contribution in [1.82, 2.24) is 0 Å². The molecule has 0 heterocycles. The van der Waals surface area contributed by atoms with Crippen molar-refractivity contribution < 1.29 is 9.53 Å². The molecule has 2 aromatic carbocycles. The summed E-state index contributed by atoms with van der Waals surface area (Å²) in [4.78, 5) is 12.4. The molecule has 3 heteroatoms. The van der Waals surface area contributed by atoms with Gasteiger partial charge in [-0.1, -0.05) is 49.1 Å². The van der Waals surface area contributed by atoms with E-state index in [9.17, 15) is 4.79 Å². The molecule has 0 atom stereocenters. The molecule has 0 amide bonds. The predicted molar refractivity (Wildman–Crippen MR) is 85.8 cm³/mol. The summed E-state index contributed by atoms with van der Waals surface area (Å²) in [6, 6.07) is 15.3. The normalized spacial score (nSPS) is 11.2. The first-order valence-electron chi connectivity index (χ1n) is 6.71. The molecule has 20 heavy (non-hydrogen) atoms. The number of rotatable bonds is 4. The van der Waals surface area contributed by atoms with Gasteiger partial charge in [-0.05, 0) is 24.3 Å². The van der Waals surface area contributed by atoms with Gasteiger partial charge in [0.05, 0.1) is 15.2 Å². The smallest absolute Gasteiger partial charge is 0.193 e. The molecule has 0 N–H and O–H groups in total. The Morgan fingerprint density at radius 3 is 1.70 bits per heavy atom. The van der Waals surface area contributed by atoms with Crippen LogP contribution in [0.1, 0.15) is 15.9 Å². The number of carbonyl (C=O) groups excluding carboxylic acids is 1. The van der Waals surface area contributed by atoms with E-state index in [2.05, 4.69) is 31.8 Å². The third kappa shape index (κ3) is 3.17. The van der Waals surface area contributed by atoms with Crippen LogP contribution in [0.3, 0.4) is 0 Å². The first-order valence-corrected chi connectivity index (χ1v) is 10.2. The highest BCUT2D eigenvalue weighted by Crippen LogP contribution is 2.15. The summed E-state index contributed by atoms with van der Waals surface area (Å²) in [5.74, 6) is 0.811. The standard InChI is InChI=1S/C17H20O2Si/c1-19-15-9-5-13(6-10-15)17(18)14-7-11-16(12-8-14)20(2,3)4/h5-12H,1-4H3. The maximum atomic E-state index is 12.4. The molecule has 0 aliphatic heterocycles. The van der Waals surface area contributed by atoms with E-state index in [1.807, 2.05) is 24.3 Å². The fourth-order valence-corrected chi connectivity index (χ4v) is 3.20. The van der Waals surface area contributed by atoms with Crippen LogP contribution in [0.4, 0.5) is 0 Å². The lowest BCUT2D eigenvalue weighted by Gasteiger charge is -2.16. The highest BCUT2D eigenvalue weighted by atomic mass is 28.3. The third-order valence-electron chi connectivity index (χ3n) is 3.37. The molecule has 0 unspecified atom stereocenters. The number of ketones is 1. The highest BCUT2D eigenvalue weighted by molar-refractivity contribution is 6.88. The Hall–Kier alpha value is -1.87. The van der Waals surface area contributed by atoms with E-state index < -0.39 is 8.07 Å². The van der Waals surface area contributed by atoms with Crippen LogP contribution in [0, 0.1) is 0 Å². The average Bonchev–Trinajstić information content (AvgIpc) is 2.46. The van der Waals surface area contributed by atoms with Gasteiger partial charge in [0.1, 0.15) is 5.75 Å². The minimum Gasteiger partial charge on any atom is -0.497 e. The van der Waals surface area contributed by atoms with Gasteiger partial charge >= 0.3 is 0 Å². The molecule has 2 aromatic rings. The van der Waals surface area contributed by atoms with Gasteiger partial charge in [-0.15, -0.1) is 0 Å². The van der Waals surface area contributed by atoms with Crippen LogP contribution in [-0.2, 0) is 0 Å². The number of hydrogen-bond donors (Lipinski definition) is 0. The minimum atomic E-state index is -1.31. The van der Waals surface area contributed by atoms with E-state index >= 15 is 0 Å². The van der Waals surface area contributed by atoms with Crippen LogP contribution in [0.5, 0.6) is 5.75 Å². The second-order valence-corrected chi connectivity index (χ2v) is 11.0.